The molecule has 2 rings (SSSR count). The molecule has 0 bridgehead atoms. The van der Waals surface area contributed by atoms with Crippen molar-refractivity contribution in [2.75, 3.05) is 0 Å². The maximum Gasteiger partial charge on any atom is 0.0653 e. The van der Waals surface area contributed by atoms with Crippen LogP contribution in [-0.2, 0) is 4.74 Å². The lowest BCUT2D eigenvalue weighted by Crippen LogP contribution is -2.54. The van der Waals surface area contributed by atoms with Gasteiger partial charge in [-0.15, -0.1) is 0 Å². The zero-order valence-electron chi connectivity index (χ0n) is 10.8. The first-order valence-corrected chi connectivity index (χ1v) is 7.77. The van der Waals surface area contributed by atoms with Gasteiger partial charge in [0, 0.05) is 10.2 Å². The molecule has 2 fully saturated rings. The van der Waals surface area contributed by atoms with E-state index in [4.69, 9.17) is 4.74 Å². The number of ether oxygens (including phenoxy) is 1. The number of halogens is 1. The zero-order chi connectivity index (χ0) is 11.8. The fourth-order valence-corrected chi connectivity index (χ4v) is 4.12. The van der Waals surface area contributed by atoms with E-state index in [1.807, 2.05) is 0 Å². The molecule has 2 aliphatic carbocycles. The Morgan fingerprint density at radius 1 is 1.31 bits per heavy atom. The smallest absolute Gasteiger partial charge is 0.0653 e. The summed E-state index contributed by atoms with van der Waals surface area (Å²) in [7, 11) is 0. The first kappa shape index (κ1) is 12.9. The number of hydrogen-bond acceptors (Lipinski definition) is 1. The molecule has 0 aromatic carbocycles. The molecule has 0 heterocycles. The highest BCUT2D eigenvalue weighted by molar-refractivity contribution is 9.09. The average Bonchev–Trinajstić information content (AvgIpc) is 2.27. The summed E-state index contributed by atoms with van der Waals surface area (Å²) in [4.78, 5) is 0.663. The molecule has 0 aromatic heterocycles. The molecule has 5 unspecified atom stereocenters. The molecule has 0 saturated heterocycles. The highest BCUT2D eigenvalue weighted by atomic mass is 79.9. The predicted octanol–water partition coefficient (Wildman–Crippen LogP) is 4.53. The third kappa shape index (κ3) is 2.33. The molecule has 1 nitrogen and oxygen atoms in total. The van der Waals surface area contributed by atoms with Gasteiger partial charge < -0.3 is 4.74 Å². The van der Waals surface area contributed by atoms with Crippen LogP contribution in [0.25, 0.3) is 0 Å². The van der Waals surface area contributed by atoms with Crippen LogP contribution in [0.2, 0.25) is 0 Å². The van der Waals surface area contributed by atoms with Crippen molar-refractivity contribution in [3.8, 4) is 0 Å². The summed E-state index contributed by atoms with van der Waals surface area (Å²) < 4.78 is 6.34. The van der Waals surface area contributed by atoms with Crippen LogP contribution in [0.3, 0.4) is 0 Å². The SMILES string of the molecule is CCC1(C)C(Br)CC1OC1CCCC(C)C1. The van der Waals surface area contributed by atoms with Crippen molar-refractivity contribution in [1.29, 1.82) is 0 Å². The Hall–Kier alpha value is 0.440. The normalized spacial score (nSPS) is 48.8. The topological polar surface area (TPSA) is 9.23 Å². The van der Waals surface area contributed by atoms with E-state index in [2.05, 4.69) is 36.7 Å². The van der Waals surface area contributed by atoms with E-state index in [-0.39, 0.29) is 0 Å². The second kappa shape index (κ2) is 4.97. The largest absolute Gasteiger partial charge is 0.374 e. The standard InChI is InChI=1S/C14H25BrO/c1-4-14(3)12(15)9-13(14)16-11-7-5-6-10(2)8-11/h10-13H,4-9H2,1-3H3. The van der Waals surface area contributed by atoms with Gasteiger partial charge in [-0.2, -0.15) is 0 Å². The molecule has 2 aliphatic rings. The van der Waals surface area contributed by atoms with Crippen LogP contribution in [0.15, 0.2) is 0 Å². The lowest BCUT2D eigenvalue weighted by molar-refractivity contribution is -0.141. The number of rotatable bonds is 3. The van der Waals surface area contributed by atoms with Gasteiger partial charge in [0.15, 0.2) is 0 Å². The molecule has 2 saturated carbocycles. The number of alkyl halides is 1. The first-order chi connectivity index (χ1) is 7.56. The van der Waals surface area contributed by atoms with Gasteiger partial charge in [-0.25, -0.2) is 0 Å². The van der Waals surface area contributed by atoms with Gasteiger partial charge in [0.05, 0.1) is 12.2 Å². The van der Waals surface area contributed by atoms with Crippen LogP contribution < -0.4 is 0 Å². The molecule has 0 N–H and O–H groups in total. The van der Waals surface area contributed by atoms with E-state index in [1.165, 1.54) is 38.5 Å². The minimum atomic E-state index is 0.376. The van der Waals surface area contributed by atoms with Crippen molar-refractivity contribution in [3.05, 3.63) is 0 Å². The Kier molecular flexibility index (Phi) is 4.01. The van der Waals surface area contributed by atoms with Crippen molar-refractivity contribution in [1.82, 2.24) is 0 Å². The summed E-state index contributed by atoms with van der Waals surface area (Å²) in [6, 6.07) is 0. The molecular weight excluding hydrogens is 264 g/mol. The molecule has 16 heavy (non-hydrogen) atoms. The molecule has 2 heteroatoms. The summed E-state index contributed by atoms with van der Waals surface area (Å²) in [5, 5.41) is 0. The van der Waals surface area contributed by atoms with Crippen LogP contribution in [0.4, 0.5) is 0 Å². The van der Waals surface area contributed by atoms with Crippen LogP contribution in [0, 0.1) is 11.3 Å². The minimum absolute atomic E-state index is 0.376. The molecule has 0 amide bonds. The Labute approximate surface area is 108 Å². The maximum atomic E-state index is 6.34. The number of hydrogen-bond donors (Lipinski definition) is 0. The van der Waals surface area contributed by atoms with Crippen molar-refractivity contribution >= 4 is 15.9 Å². The summed E-state index contributed by atoms with van der Waals surface area (Å²) in [5.74, 6) is 0.867. The average molecular weight is 289 g/mol. The predicted molar refractivity (Wildman–Crippen MR) is 72.0 cm³/mol. The van der Waals surface area contributed by atoms with E-state index in [1.54, 1.807) is 0 Å². The van der Waals surface area contributed by atoms with Crippen molar-refractivity contribution in [2.45, 2.75) is 76.3 Å². The summed E-state index contributed by atoms with van der Waals surface area (Å²) in [6.45, 7) is 7.02. The first-order valence-electron chi connectivity index (χ1n) is 6.85. The second-order valence-corrected chi connectivity index (χ2v) is 7.19. The molecule has 94 valence electrons. The molecule has 0 aliphatic heterocycles. The van der Waals surface area contributed by atoms with Gasteiger partial charge in [0.2, 0.25) is 0 Å². The summed E-state index contributed by atoms with van der Waals surface area (Å²) in [6.07, 6.45) is 8.79. The van der Waals surface area contributed by atoms with Gasteiger partial charge in [-0.05, 0) is 31.6 Å². The van der Waals surface area contributed by atoms with E-state index in [0.29, 0.717) is 22.5 Å². The highest BCUT2D eigenvalue weighted by Gasteiger charge is 2.50. The molecule has 0 spiro atoms. The maximum absolute atomic E-state index is 6.34. The fourth-order valence-electron chi connectivity index (χ4n) is 3.16. The van der Waals surface area contributed by atoms with Crippen molar-refractivity contribution in [3.63, 3.8) is 0 Å². The Morgan fingerprint density at radius 2 is 2.06 bits per heavy atom. The van der Waals surface area contributed by atoms with Gasteiger partial charge in [0.1, 0.15) is 0 Å². The molecule has 0 radical (unpaired) electrons. The lowest BCUT2D eigenvalue weighted by Gasteiger charge is -2.52. The molecule has 5 atom stereocenters. The summed E-state index contributed by atoms with van der Waals surface area (Å²) in [5.41, 5.74) is 0.376. The monoisotopic (exact) mass is 288 g/mol. The van der Waals surface area contributed by atoms with E-state index >= 15 is 0 Å². The zero-order valence-corrected chi connectivity index (χ0v) is 12.4. The third-order valence-corrected chi connectivity index (χ3v) is 6.30. The van der Waals surface area contributed by atoms with E-state index < -0.39 is 0 Å². The Balaban J connectivity index is 1.86. The Morgan fingerprint density at radius 3 is 2.62 bits per heavy atom. The highest BCUT2D eigenvalue weighted by Crippen LogP contribution is 2.51. The molecule has 0 aromatic rings. The molecular formula is C14H25BrO. The van der Waals surface area contributed by atoms with Crippen molar-refractivity contribution in [2.24, 2.45) is 11.3 Å². The van der Waals surface area contributed by atoms with Gasteiger partial charge in [0.25, 0.3) is 0 Å². The van der Waals surface area contributed by atoms with E-state index in [9.17, 15) is 0 Å². The lowest BCUT2D eigenvalue weighted by atomic mass is 9.65. The Bertz CT molecular complexity index is 243. The van der Waals surface area contributed by atoms with Crippen LogP contribution in [0.1, 0.15) is 59.3 Å². The van der Waals surface area contributed by atoms with Gasteiger partial charge in [-0.1, -0.05) is 49.5 Å². The van der Waals surface area contributed by atoms with Crippen LogP contribution in [0.5, 0.6) is 0 Å². The van der Waals surface area contributed by atoms with Gasteiger partial charge >= 0.3 is 0 Å². The summed E-state index contributed by atoms with van der Waals surface area (Å²) >= 11 is 3.78. The minimum Gasteiger partial charge on any atom is -0.374 e. The van der Waals surface area contributed by atoms with Gasteiger partial charge in [-0.3, -0.25) is 0 Å². The van der Waals surface area contributed by atoms with Crippen LogP contribution in [-0.4, -0.2) is 17.0 Å². The quantitative estimate of drug-likeness (QED) is 0.693. The van der Waals surface area contributed by atoms with Crippen molar-refractivity contribution < 1.29 is 4.74 Å². The fraction of sp³-hybridized carbons (Fsp3) is 1.00. The van der Waals surface area contributed by atoms with Crippen LogP contribution >= 0.6 is 15.9 Å². The third-order valence-electron chi connectivity index (χ3n) is 4.88. The van der Waals surface area contributed by atoms with E-state index in [0.717, 1.165) is 5.92 Å². The second-order valence-electron chi connectivity index (χ2n) is 6.08.